The third kappa shape index (κ3) is 10.0. The van der Waals surface area contributed by atoms with Crippen molar-refractivity contribution < 1.29 is 14.2 Å². The third-order valence-electron chi connectivity index (χ3n) is 4.17. The summed E-state index contributed by atoms with van der Waals surface area (Å²) in [5.41, 5.74) is 18.7. The van der Waals surface area contributed by atoms with E-state index in [1.165, 1.54) is 0 Å². The predicted octanol–water partition coefficient (Wildman–Crippen LogP) is 6.01. The lowest BCUT2D eigenvalue weighted by Crippen LogP contribution is -1.91. The Balaban J connectivity index is 0.000000181. The molecule has 0 saturated heterocycles. The number of methoxy groups -OCH3 is 1. The number of hydrogen-bond donors (Lipinski definition) is 3. The van der Waals surface area contributed by atoms with Crippen molar-refractivity contribution in [3.05, 3.63) is 103 Å². The number of ether oxygens (including phenoxy) is 3. The zero-order valence-corrected chi connectivity index (χ0v) is 19.0. The van der Waals surface area contributed by atoms with Crippen LogP contribution in [0.3, 0.4) is 0 Å². The number of anilines is 3. The Morgan fingerprint density at radius 2 is 0.909 bits per heavy atom. The molecule has 0 bridgehead atoms. The highest BCUT2D eigenvalue weighted by molar-refractivity contribution is 5.43. The fraction of sp³-hybridized carbons (Fsp3) is 0.111. The number of nitrogens with two attached hydrogens (primary N) is 3. The predicted molar refractivity (Wildman–Crippen MR) is 137 cm³/mol. The van der Waals surface area contributed by atoms with Gasteiger partial charge in [0.05, 0.1) is 13.7 Å². The maximum absolute atomic E-state index is 5.58. The quantitative estimate of drug-likeness (QED) is 0.325. The number of rotatable bonds is 5. The van der Waals surface area contributed by atoms with Crippen LogP contribution in [-0.2, 0) is 0 Å². The summed E-state index contributed by atoms with van der Waals surface area (Å²) < 4.78 is 15.7. The molecule has 0 aliphatic rings. The van der Waals surface area contributed by atoms with E-state index in [0.717, 1.165) is 40.1 Å². The summed E-state index contributed by atoms with van der Waals surface area (Å²) >= 11 is 0. The first kappa shape index (κ1) is 24.9. The van der Waals surface area contributed by atoms with Crippen molar-refractivity contribution in [2.24, 2.45) is 0 Å². The normalized spacial score (nSPS) is 9.39. The minimum absolute atomic E-state index is 0.698. The smallest absolute Gasteiger partial charge is 0.127 e. The van der Waals surface area contributed by atoms with E-state index < -0.39 is 0 Å². The summed E-state index contributed by atoms with van der Waals surface area (Å²) in [6.07, 6.45) is 0. The van der Waals surface area contributed by atoms with Crippen molar-refractivity contribution in [3.63, 3.8) is 0 Å². The highest BCUT2D eigenvalue weighted by Gasteiger charge is 1.94. The lowest BCUT2D eigenvalue weighted by molar-refractivity contribution is 0.340. The van der Waals surface area contributed by atoms with Gasteiger partial charge in [-0.1, -0.05) is 18.2 Å². The zero-order chi connectivity index (χ0) is 23.9. The molecule has 0 aliphatic carbocycles. The number of para-hydroxylation sites is 1. The van der Waals surface area contributed by atoms with Gasteiger partial charge in [0.2, 0.25) is 0 Å². The van der Waals surface area contributed by atoms with Crippen LogP contribution in [-0.4, -0.2) is 13.7 Å². The van der Waals surface area contributed by atoms with Crippen LogP contribution in [0, 0.1) is 0 Å². The van der Waals surface area contributed by atoms with Gasteiger partial charge in [0.25, 0.3) is 0 Å². The van der Waals surface area contributed by atoms with Gasteiger partial charge in [0, 0.05) is 17.1 Å². The van der Waals surface area contributed by atoms with Crippen molar-refractivity contribution in [1.29, 1.82) is 0 Å². The van der Waals surface area contributed by atoms with Gasteiger partial charge in [-0.3, -0.25) is 0 Å². The molecule has 0 aliphatic heterocycles. The van der Waals surface area contributed by atoms with E-state index in [1.807, 2.05) is 97.9 Å². The van der Waals surface area contributed by atoms with Crippen LogP contribution in [0.2, 0.25) is 0 Å². The second-order valence-electron chi connectivity index (χ2n) is 6.76. The molecular formula is C27H31N3O3. The molecule has 0 atom stereocenters. The average molecular weight is 446 g/mol. The maximum atomic E-state index is 5.58. The van der Waals surface area contributed by atoms with Gasteiger partial charge in [0.15, 0.2) is 0 Å². The molecule has 4 aromatic carbocycles. The van der Waals surface area contributed by atoms with Gasteiger partial charge < -0.3 is 31.4 Å². The van der Waals surface area contributed by atoms with Crippen molar-refractivity contribution in [1.82, 2.24) is 0 Å². The van der Waals surface area contributed by atoms with E-state index in [1.54, 1.807) is 19.2 Å². The van der Waals surface area contributed by atoms with Crippen LogP contribution in [0.1, 0.15) is 6.92 Å². The van der Waals surface area contributed by atoms with Gasteiger partial charge in [-0.15, -0.1) is 0 Å². The van der Waals surface area contributed by atoms with Gasteiger partial charge in [-0.2, -0.15) is 0 Å². The van der Waals surface area contributed by atoms with E-state index in [0.29, 0.717) is 6.61 Å². The molecule has 0 spiro atoms. The van der Waals surface area contributed by atoms with Gasteiger partial charge in [-0.05, 0) is 91.9 Å². The summed E-state index contributed by atoms with van der Waals surface area (Å²) in [5.74, 6) is 3.34. The van der Waals surface area contributed by atoms with Crippen molar-refractivity contribution in [2.75, 3.05) is 30.9 Å². The highest BCUT2D eigenvalue weighted by atomic mass is 16.5. The summed E-state index contributed by atoms with van der Waals surface area (Å²) in [7, 11) is 1.63. The molecule has 6 N–H and O–H groups in total. The minimum atomic E-state index is 0.698. The van der Waals surface area contributed by atoms with Crippen LogP contribution in [0.4, 0.5) is 17.1 Å². The second-order valence-corrected chi connectivity index (χ2v) is 6.76. The molecule has 0 fully saturated rings. The SMILES string of the molecule is CCOc1ccc(N)cc1.COc1ccc(N)cc1.Nc1ccc(Oc2ccccc2)cc1. The molecule has 0 unspecified atom stereocenters. The summed E-state index contributed by atoms with van der Waals surface area (Å²) in [6, 6.07) is 31.6. The largest absolute Gasteiger partial charge is 0.497 e. The molecular weight excluding hydrogens is 414 g/mol. The molecule has 6 nitrogen and oxygen atoms in total. The lowest BCUT2D eigenvalue weighted by atomic mass is 10.3. The standard InChI is InChI=1S/C12H11NO.C8H11NO.C7H9NO/c13-10-6-8-12(9-7-10)14-11-4-2-1-3-5-11;1-2-10-8-5-3-7(9)4-6-8;1-9-7-4-2-6(8)3-5-7/h1-9H,13H2;3-6H,2,9H2,1H3;2-5H,8H2,1H3. The average Bonchev–Trinajstić information content (AvgIpc) is 2.84. The Kier molecular flexibility index (Phi) is 10.5. The van der Waals surface area contributed by atoms with Crippen LogP contribution < -0.4 is 31.4 Å². The fourth-order valence-corrected chi connectivity index (χ4v) is 2.50. The number of benzene rings is 4. The molecule has 0 amide bonds. The molecule has 0 saturated carbocycles. The van der Waals surface area contributed by atoms with E-state index in [2.05, 4.69) is 0 Å². The van der Waals surface area contributed by atoms with Gasteiger partial charge >= 0.3 is 0 Å². The zero-order valence-electron chi connectivity index (χ0n) is 19.0. The molecule has 33 heavy (non-hydrogen) atoms. The Morgan fingerprint density at radius 1 is 0.515 bits per heavy atom. The van der Waals surface area contributed by atoms with Crippen LogP contribution in [0.5, 0.6) is 23.0 Å². The number of hydrogen-bond acceptors (Lipinski definition) is 6. The third-order valence-corrected chi connectivity index (χ3v) is 4.17. The minimum Gasteiger partial charge on any atom is -0.497 e. The van der Waals surface area contributed by atoms with Gasteiger partial charge in [0.1, 0.15) is 23.0 Å². The Bertz CT molecular complexity index is 1040. The first-order chi connectivity index (χ1) is 16.0. The molecule has 0 radical (unpaired) electrons. The topological polar surface area (TPSA) is 106 Å². The maximum Gasteiger partial charge on any atom is 0.127 e. The van der Waals surface area contributed by atoms with Crippen LogP contribution >= 0.6 is 0 Å². The second kappa shape index (κ2) is 13.9. The molecule has 6 heteroatoms. The van der Waals surface area contributed by atoms with Crippen molar-refractivity contribution >= 4 is 17.1 Å². The lowest BCUT2D eigenvalue weighted by Gasteiger charge is -2.04. The van der Waals surface area contributed by atoms with E-state index in [-0.39, 0.29) is 0 Å². The van der Waals surface area contributed by atoms with Crippen LogP contribution in [0.25, 0.3) is 0 Å². The molecule has 172 valence electrons. The molecule has 4 rings (SSSR count). The monoisotopic (exact) mass is 445 g/mol. The van der Waals surface area contributed by atoms with E-state index in [9.17, 15) is 0 Å². The summed E-state index contributed by atoms with van der Waals surface area (Å²) in [5, 5.41) is 0. The first-order valence-electron chi connectivity index (χ1n) is 10.5. The van der Waals surface area contributed by atoms with Crippen LogP contribution in [0.15, 0.2) is 103 Å². The molecule has 4 aromatic rings. The van der Waals surface area contributed by atoms with Gasteiger partial charge in [-0.25, -0.2) is 0 Å². The fourth-order valence-electron chi connectivity index (χ4n) is 2.50. The Hall–Kier alpha value is -4.32. The first-order valence-corrected chi connectivity index (χ1v) is 10.5. The van der Waals surface area contributed by atoms with Crippen molar-refractivity contribution in [2.45, 2.75) is 6.92 Å². The van der Waals surface area contributed by atoms with Crippen molar-refractivity contribution in [3.8, 4) is 23.0 Å². The molecule has 0 heterocycles. The Morgan fingerprint density at radius 3 is 1.33 bits per heavy atom. The Labute approximate surface area is 195 Å². The summed E-state index contributed by atoms with van der Waals surface area (Å²) in [4.78, 5) is 0. The van der Waals surface area contributed by atoms with E-state index in [4.69, 9.17) is 31.4 Å². The highest BCUT2D eigenvalue weighted by Crippen LogP contribution is 2.21. The van der Waals surface area contributed by atoms with E-state index >= 15 is 0 Å². The summed E-state index contributed by atoms with van der Waals surface area (Å²) in [6.45, 7) is 2.65. The number of nitrogen functional groups attached to an aromatic ring is 3. The molecule has 0 aromatic heterocycles.